The van der Waals surface area contributed by atoms with Gasteiger partial charge in [0.1, 0.15) is 5.92 Å². The molecule has 0 radical (unpaired) electrons. The van der Waals surface area contributed by atoms with Gasteiger partial charge < -0.3 is 10.6 Å². The topological polar surface area (TPSA) is 139 Å². The van der Waals surface area contributed by atoms with Crippen LogP contribution in [0.2, 0.25) is 0 Å². The summed E-state index contributed by atoms with van der Waals surface area (Å²) in [6.07, 6.45) is 9.31. The van der Waals surface area contributed by atoms with Crippen molar-refractivity contribution in [2.75, 3.05) is 0 Å². The molecule has 1 aliphatic heterocycles. The summed E-state index contributed by atoms with van der Waals surface area (Å²) >= 11 is 0. The van der Waals surface area contributed by atoms with E-state index in [0.717, 1.165) is 0 Å². The molecule has 4 amide bonds. The third-order valence-electron chi connectivity index (χ3n) is 6.11. The van der Waals surface area contributed by atoms with E-state index in [1.165, 1.54) is 13.0 Å². The number of rotatable bonds is 13. The maximum Gasteiger partial charge on any atom is 0.238 e. The molecule has 1 saturated heterocycles. The number of benzene rings is 1. The molecular formula is C29H35N3O6. The molecule has 38 heavy (non-hydrogen) atoms. The molecule has 0 spiro atoms. The molecule has 1 aromatic rings. The highest BCUT2D eigenvalue weighted by Gasteiger charge is 2.46. The normalized spacial score (nSPS) is 19.2. The van der Waals surface area contributed by atoms with E-state index in [4.69, 9.17) is 0 Å². The number of carbonyl (C=O) groups excluding carboxylic acids is 6. The maximum absolute atomic E-state index is 13.1. The van der Waals surface area contributed by atoms with Gasteiger partial charge in [0.2, 0.25) is 23.6 Å². The molecule has 3 N–H and O–H groups in total. The molecule has 202 valence electrons. The summed E-state index contributed by atoms with van der Waals surface area (Å²) in [5, 5.41) is 7.58. The molecule has 9 nitrogen and oxygen atoms in total. The molecular weight excluding hydrogens is 486 g/mol. The molecule has 0 bridgehead atoms. The van der Waals surface area contributed by atoms with Crippen molar-refractivity contribution in [3.63, 3.8) is 0 Å². The monoisotopic (exact) mass is 521 g/mol. The maximum atomic E-state index is 13.1. The van der Waals surface area contributed by atoms with E-state index >= 15 is 0 Å². The molecule has 0 unspecified atom stereocenters. The Morgan fingerprint density at radius 3 is 2.16 bits per heavy atom. The Hall–Kier alpha value is -4.14. The van der Waals surface area contributed by atoms with E-state index in [1.807, 2.05) is 13.0 Å². The van der Waals surface area contributed by atoms with Crippen LogP contribution in [0.5, 0.6) is 0 Å². The van der Waals surface area contributed by atoms with Crippen LogP contribution in [0.1, 0.15) is 52.1 Å². The van der Waals surface area contributed by atoms with Crippen LogP contribution in [0.3, 0.4) is 0 Å². The second-order valence-electron chi connectivity index (χ2n) is 9.46. The first-order valence-electron chi connectivity index (χ1n) is 12.6. The minimum absolute atomic E-state index is 0.201. The average molecular weight is 522 g/mol. The van der Waals surface area contributed by atoms with Gasteiger partial charge >= 0.3 is 0 Å². The van der Waals surface area contributed by atoms with Gasteiger partial charge in [0, 0.05) is 0 Å². The molecule has 0 aliphatic carbocycles. The van der Waals surface area contributed by atoms with Crippen molar-refractivity contribution in [2.45, 2.75) is 52.6 Å². The summed E-state index contributed by atoms with van der Waals surface area (Å²) in [5.41, 5.74) is 0.648. The van der Waals surface area contributed by atoms with Crippen molar-refractivity contribution < 1.29 is 28.8 Å². The number of carbonyl (C=O) groups is 6. The first-order chi connectivity index (χ1) is 18.0. The van der Waals surface area contributed by atoms with Crippen LogP contribution >= 0.6 is 0 Å². The number of allylic oxidation sites excluding steroid dienone is 6. The minimum atomic E-state index is -1.17. The lowest BCUT2D eigenvalue weighted by Gasteiger charge is -2.26. The van der Waals surface area contributed by atoms with Crippen LogP contribution < -0.4 is 16.0 Å². The zero-order chi connectivity index (χ0) is 28.2. The van der Waals surface area contributed by atoms with Crippen LogP contribution in [-0.4, -0.2) is 41.2 Å². The molecule has 4 atom stereocenters. The first kappa shape index (κ1) is 30.1. The summed E-state index contributed by atoms with van der Waals surface area (Å²) in [5.74, 6) is -5.54. The second kappa shape index (κ2) is 14.6. The van der Waals surface area contributed by atoms with Crippen LogP contribution in [0, 0.1) is 17.8 Å². The van der Waals surface area contributed by atoms with Crippen molar-refractivity contribution in [3.05, 3.63) is 72.4 Å². The smallest absolute Gasteiger partial charge is 0.238 e. The first-order valence-corrected chi connectivity index (χ1v) is 12.6. The van der Waals surface area contributed by atoms with Gasteiger partial charge in [0.15, 0.2) is 11.6 Å². The van der Waals surface area contributed by atoms with Crippen molar-refractivity contribution in [2.24, 2.45) is 17.8 Å². The van der Waals surface area contributed by atoms with Crippen molar-refractivity contribution >= 4 is 35.2 Å². The number of ketones is 2. The van der Waals surface area contributed by atoms with E-state index < -0.39 is 65.5 Å². The number of nitrogens with one attached hydrogen (secondary N) is 3. The van der Waals surface area contributed by atoms with Crippen LogP contribution in [-0.2, 0) is 28.8 Å². The number of hydrogen-bond acceptors (Lipinski definition) is 6. The van der Waals surface area contributed by atoms with Gasteiger partial charge in [-0.15, -0.1) is 0 Å². The number of amides is 4. The number of hydrogen-bond donors (Lipinski definition) is 3. The van der Waals surface area contributed by atoms with Gasteiger partial charge in [-0.1, -0.05) is 81.5 Å². The van der Waals surface area contributed by atoms with Gasteiger partial charge in [-0.05, 0) is 24.5 Å². The molecule has 1 fully saturated rings. The van der Waals surface area contributed by atoms with E-state index in [9.17, 15) is 28.8 Å². The minimum Gasteiger partial charge on any atom is -0.348 e. The summed E-state index contributed by atoms with van der Waals surface area (Å²) in [7, 11) is 0. The lowest BCUT2D eigenvalue weighted by molar-refractivity contribution is -0.137. The molecule has 1 aromatic carbocycles. The fraction of sp³-hybridized carbons (Fsp3) is 0.379. The molecule has 1 heterocycles. The van der Waals surface area contributed by atoms with Crippen molar-refractivity contribution in [3.8, 4) is 0 Å². The number of imide groups is 1. The van der Waals surface area contributed by atoms with Gasteiger partial charge in [0.25, 0.3) is 0 Å². The van der Waals surface area contributed by atoms with Crippen LogP contribution in [0.15, 0.2) is 66.8 Å². The zero-order valence-electron chi connectivity index (χ0n) is 22.1. The van der Waals surface area contributed by atoms with Gasteiger partial charge in [-0.25, -0.2) is 0 Å². The Labute approximate surface area is 222 Å². The standard InChI is InChI=1S/C29H35N3O6/c1-5-6-7-8-12-15-21(33)16-23(34)30-22(20-13-10-9-11-14-20)17-24(35)31-26(18(2)3)27(36)25-19(4)28(37)32-29(25)38/h5-15,18-19,22,25-26H,16-17H2,1-4H3,(H,30,34)(H,31,35)(H,32,37,38)/b6-5+,8-7+,15-12+/t19-,22-,25+,26-/m0/s1. The molecule has 1 aliphatic rings. The Morgan fingerprint density at radius 2 is 1.58 bits per heavy atom. The SMILES string of the molecule is C/C=C/C=C/C=C/C(=O)CC(=O)N[C@@H](CC(=O)N[C@H](C(=O)[C@@H]1C(=O)NC(=O)[C@H]1C)C(C)C)c1ccccc1. The highest BCUT2D eigenvalue weighted by Crippen LogP contribution is 2.24. The Kier molecular flexibility index (Phi) is 11.5. The highest BCUT2D eigenvalue weighted by molar-refractivity contribution is 6.16. The Balaban J connectivity index is 2.10. The molecule has 0 saturated carbocycles. The predicted molar refractivity (Wildman–Crippen MR) is 142 cm³/mol. The third-order valence-corrected chi connectivity index (χ3v) is 6.11. The van der Waals surface area contributed by atoms with E-state index in [-0.39, 0.29) is 12.3 Å². The summed E-state index contributed by atoms with van der Waals surface area (Å²) in [6.45, 7) is 6.82. The average Bonchev–Trinajstić information content (AvgIpc) is 3.12. The Bertz CT molecular complexity index is 1140. The summed E-state index contributed by atoms with van der Waals surface area (Å²) in [4.78, 5) is 75.0. The third kappa shape index (κ3) is 8.76. The molecule has 2 rings (SSSR count). The van der Waals surface area contributed by atoms with Crippen molar-refractivity contribution in [1.29, 1.82) is 0 Å². The fourth-order valence-corrected chi connectivity index (χ4v) is 4.05. The second-order valence-corrected chi connectivity index (χ2v) is 9.46. The predicted octanol–water partition coefficient (Wildman–Crippen LogP) is 2.50. The lowest BCUT2D eigenvalue weighted by Crippen LogP contribution is -2.49. The fourth-order valence-electron chi connectivity index (χ4n) is 4.05. The highest BCUT2D eigenvalue weighted by atomic mass is 16.2. The summed E-state index contributed by atoms with van der Waals surface area (Å²) < 4.78 is 0. The van der Waals surface area contributed by atoms with Gasteiger partial charge in [-0.2, -0.15) is 0 Å². The summed E-state index contributed by atoms with van der Waals surface area (Å²) in [6, 6.07) is 7.04. The quantitative estimate of drug-likeness (QED) is 0.158. The van der Waals surface area contributed by atoms with E-state index in [0.29, 0.717) is 5.56 Å². The Morgan fingerprint density at radius 1 is 0.921 bits per heavy atom. The van der Waals surface area contributed by atoms with Crippen molar-refractivity contribution in [1.82, 2.24) is 16.0 Å². The lowest BCUT2D eigenvalue weighted by atomic mass is 9.85. The molecule has 9 heteroatoms. The number of Topliss-reactive ketones (excluding diaryl/α,β-unsaturated/α-hetero) is 1. The largest absolute Gasteiger partial charge is 0.348 e. The zero-order valence-corrected chi connectivity index (χ0v) is 22.1. The molecule has 0 aromatic heterocycles. The van der Waals surface area contributed by atoms with E-state index in [2.05, 4.69) is 16.0 Å². The van der Waals surface area contributed by atoms with Gasteiger partial charge in [-0.3, -0.25) is 34.1 Å². The van der Waals surface area contributed by atoms with E-state index in [1.54, 1.807) is 68.5 Å². The van der Waals surface area contributed by atoms with Crippen LogP contribution in [0.25, 0.3) is 0 Å². The van der Waals surface area contributed by atoms with Crippen LogP contribution in [0.4, 0.5) is 0 Å². The van der Waals surface area contributed by atoms with Gasteiger partial charge in [0.05, 0.1) is 30.8 Å².